The highest BCUT2D eigenvalue weighted by molar-refractivity contribution is 5.58. The summed E-state index contributed by atoms with van der Waals surface area (Å²) in [7, 11) is 0. The largest absolute Gasteiger partial charge is 0.341 e. The number of benzene rings is 1. The van der Waals surface area contributed by atoms with Crippen LogP contribution >= 0.6 is 0 Å². The molecule has 0 unspecified atom stereocenters. The minimum Gasteiger partial charge on any atom is -0.341 e. The van der Waals surface area contributed by atoms with Gasteiger partial charge in [0.05, 0.1) is 5.69 Å². The maximum Gasteiger partial charge on any atom is 0.174 e. The lowest BCUT2D eigenvalue weighted by Crippen LogP contribution is -1.76. The summed E-state index contributed by atoms with van der Waals surface area (Å²) in [6.45, 7) is 2.07. The Morgan fingerprint density at radius 2 is 2.00 bits per heavy atom. The van der Waals surface area contributed by atoms with Gasteiger partial charge in [0.1, 0.15) is 0 Å². The molecule has 59 valence electrons. The normalized spacial score (nSPS) is 10.1. The summed E-state index contributed by atoms with van der Waals surface area (Å²) in [4.78, 5) is 6.84. The second-order valence-electron chi connectivity index (χ2n) is 2.76. The summed E-state index contributed by atoms with van der Waals surface area (Å²) < 4.78 is 0. The Balaban J connectivity index is 2.43. The van der Waals surface area contributed by atoms with Crippen LogP contribution in [0.5, 0.6) is 0 Å². The van der Waals surface area contributed by atoms with Gasteiger partial charge in [0, 0.05) is 11.8 Å². The first-order valence-electron chi connectivity index (χ1n) is 3.85. The average Bonchev–Trinajstić information content (AvgIpc) is 2.58. The molecule has 0 amide bonds. The van der Waals surface area contributed by atoms with Gasteiger partial charge in [0.2, 0.25) is 0 Å². The lowest BCUT2D eigenvalue weighted by Gasteiger charge is -1.95. The fraction of sp³-hybridized carbons (Fsp3) is 0.100. The zero-order chi connectivity index (χ0) is 8.39. The van der Waals surface area contributed by atoms with Crippen molar-refractivity contribution in [1.82, 2.24) is 9.97 Å². The van der Waals surface area contributed by atoms with Crippen molar-refractivity contribution in [3.05, 3.63) is 42.4 Å². The first-order valence-corrected chi connectivity index (χ1v) is 3.85. The molecule has 0 bridgehead atoms. The number of imidazole rings is 1. The zero-order valence-electron chi connectivity index (χ0n) is 6.83. The van der Waals surface area contributed by atoms with Gasteiger partial charge in [0.15, 0.2) is 6.33 Å². The van der Waals surface area contributed by atoms with Crippen molar-refractivity contribution in [2.24, 2.45) is 0 Å². The highest BCUT2D eigenvalue weighted by Gasteiger charge is 1.97. The number of H-pyrrole nitrogens is 1. The topological polar surface area (TPSA) is 28.7 Å². The predicted molar refractivity (Wildman–Crippen MR) is 47.6 cm³/mol. The molecule has 0 saturated heterocycles. The van der Waals surface area contributed by atoms with E-state index < -0.39 is 0 Å². The molecule has 1 heterocycles. The van der Waals surface area contributed by atoms with Crippen LogP contribution < -0.4 is 0 Å². The third kappa shape index (κ3) is 1.23. The molecule has 0 aliphatic carbocycles. The van der Waals surface area contributed by atoms with Crippen LogP contribution in [0.15, 0.2) is 30.5 Å². The first kappa shape index (κ1) is 7.10. The molecule has 2 heteroatoms. The summed E-state index contributed by atoms with van der Waals surface area (Å²) in [6.07, 6.45) is 4.51. The Kier molecular flexibility index (Phi) is 1.67. The van der Waals surface area contributed by atoms with Gasteiger partial charge >= 0.3 is 0 Å². The number of aromatic nitrogens is 2. The summed E-state index contributed by atoms with van der Waals surface area (Å²) in [5.74, 6) is 0. The van der Waals surface area contributed by atoms with Gasteiger partial charge in [-0.2, -0.15) is 0 Å². The van der Waals surface area contributed by atoms with Crippen LogP contribution in [0.2, 0.25) is 0 Å². The number of rotatable bonds is 1. The van der Waals surface area contributed by atoms with Crippen molar-refractivity contribution in [3.63, 3.8) is 0 Å². The Bertz CT molecular complexity index is 346. The van der Waals surface area contributed by atoms with E-state index in [1.54, 1.807) is 0 Å². The van der Waals surface area contributed by atoms with Crippen molar-refractivity contribution in [1.29, 1.82) is 0 Å². The molecule has 1 aromatic heterocycles. The number of nitrogens with zero attached hydrogens (tertiary/aromatic N) is 1. The van der Waals surface area contributed by atoms with Crippen LogP contribution in [0.1, 0.15) is 5.56 Å². The van der Waals surface area contributed by atoms with E-state index in [2.05, 4.69) is 47.5 Å². The van der Waals surface area contributed by atoms with E-state index in [1.807, 2.05) is 6.20 Å². The number of hydrogen-bond donors (Lipinski definition) is 1. The van der Waals surface area contributed by atoms with Crippen LogP contribution in [0, 0.1) is 13.3 Å². The van der Waals surface area contributed by atoms with E-state index in [-0.39, 0.29) is 0 Å². The molecule has 0 atom stereocenters. The number of aromatic amines is 1. The molecule has 2 aromatic rings. The molecule has 12 heavy (non-hydrogen) atoms. The van der Waals surface area contributed by atoms with E-state index in [9.17, 15) is 0 Å². The molecule has 2 nitrogen and oxygen atoms in total. The maximum atomic E-state index is 4.04. The van der Waals surface area contributed by atoms with Gasteiger partial charge < -0.3 is 4.98 Å². The van der Waals surface area contributed by atoms with Gasteiger partial charge in [0.25, 0.3) is 0 Å². The third-order valence-corrected chi connectivity index (χ3v) is 1.80. The van der Waals surface area contributed by atoms with E-state index in [1.165, 1.54) is 5.56 Å². The van der Waals surface area contributed by atoms with Gasteiger partial charge in [-0.05, 0) is 6.92 Å². The first-order chi connectivity index (χ1) is 5.86. The SMILES string of the molecule is Cc1ccc(-c2c[nH][c]n2)cc1. The van der Waals surface area contributed by atoms with Crippen LogP contribution in [0.4, 0.5) is 0 Å². The van der Waals surface area contributed by atoms with Crippen molar-refractivity contribution < 1.29 is 0 Å². The van der Waals surface area contributed by atoms with E-state index in [0.29, 0.717) is 0 Å². The Morgan fingerprint density at radius 3 is 2.58 bits per heavy atom. The molecule has 0 aliphatic rings. The molecule has 0 saturated carbocycles. The van der Waals surface area contributed by atoms with E-state index in [0.717, 1.165) is 11.3 Å². The summed E-state index contributed by atoms with van der Waals surface area (Å²) in [6, 6.07) is 8.26. The Hall–Kier alpha value is -1.57. The monoisotopic (exact) mass is 157 g/mol. The molecule has 2 rings (SSSR count). The van der Waals surface area contributed by atoms with Crippen molar-refractivity contribution in [2.75, 3.05) is 0 Å². The van der Waals surface area contributed by atoms with Crippen LogP contribution in [0.3, 0.4) is 0 Å². The van der Waals surface area contributed by atoms with Crippen molar-refractivity contribution in [3.8, 4) is 11.3 Å². The lowest BCUT2D eigenvalue weighted by molar-refractivity contribution is 1.29. The van der Waals surface area contributed by atoms with E-state index in [4.69, 9.17) is 0 Å². The number of hydrogen-bond acceptors (Lipinski definition) is 1. The zero-order valence-corrected chi connectivity index (χ0v) is 6.83. The van der Waals surface area contributed by atoms with Gasteiger partial charge in [-0.25, -0.2) is 4.98 Å². The average molecular weight is 157 g/mol. The number of nitrogens with one attached hydrogen (secondary N) is 1. The summed E-state index contributed by atoms with van der Waals surface area (Å²) >= 11 is 0. The second-order valence-corrected chi connectivity index (χ2v) is 2.76. The molecule has 0 fully saturated rings. The highest BCUT2D eigenvalue weighted by Crippen LogP contribution is 2.15. The summed E-state index contributed by atoms with van der Waals surface area (Å²) in [5.41, 5.74) is 3.33. The third-order valence-electron chi connectivity index (χ3n) is 1.80. The van der Waals surface area contributed by atoms with Gasteiger partial charge in [-0.15, -0.1) is 0 Å². The molecule has 0 spiro atoms. The highest BCUT2D eigenvalue weighted by atomic mass is 14.9. The van der Waals surface area contributed by atoms with Gasteiger partial charge in [-0.3, -0.25) is 0 Å². The minimum absolute atomic E-state index is 0.940. The maximum absolute atomic E-state index is 4.04. The molecule has 1 N–H and O–H groups in total. The van der Waals surface area contributed by atoms with Crippen LogP contribution in [-0.4, -0.2) is 9.97 Å². The Morgan fingerprint density at radius 1 is 1.25 bits per heavy atom. The summed E-state index contributed by atoms with van der Waals surface area (Å²) in [5, 5.41) is 0. The molecular formula is C10H9N2. The van der Waals surface area contributed by atoms with E-state index >= 15 is 0 Å². The predicted octanol–water partition coefficient (Wildman–Crippen LogP) is 2.19. The molecular weight excluding hydrogens is 148 g/mol. The van der Waals surface area contributed by atoms with Gasteiger partial charge in [-0.1, -0.05) is 29.8 Å². The fourth-order valence-corrected chi connectivity index (χ4v) is 1.10. The van der Waals surface area contributed by atoms with Crippen molar-refractivity contribution in [2.45, 2.75) is 6.92 Å². The molecule has 0 aliphatic heterocycles. The fourth-order valence-electron chi connectivity index (χ4n) is 1.10. The minimum atomic E-state index is 0.940. The standard InChI is InChI=1S/C10H9N2/c1-8-2-4-9(5-3-8)10-6-11-7-12-10/h2-6H,1H3,(H,11,12). The second kappa shape index (κ2) is 2.81. The van der Waals surface area contributed by atoms with Crippen molar-refractivity contribution >= 4 is 0 Å². The molecule has 1 aromatic carbocycles. The number of aryl methyl sites for hydroxylation is 1. The molecule has 1 radical (unpaired) electrons. The Labute approximate surface area is 71.3 Å². The smallest absolute Gasteiger partial charge is 0.174 e. The van der Waals surface area contributed by atoms with Crippen LogP contribution in [0.25, 0.3) is 11.3 Å². The lowest BCUT2D eigenvalue weighted by atomic mass is 10.1. The van der Waals surface area contributed by atoms with Crippen LogP contribution in [-0.2, 0) is 0 Å². The quantitative estimate of drug-likeness (QED) is 0.675.